The lowest BCUT2D eigenvalue weighted by Crippen LogP contribution is -2.20. The number of hydrogen-bond acceptors (Lipinski definition) is 5. The molecule has 5 heteroatoms. The molecule has 2 aromatic heterocycles. The van der Waals surface area contributed by atoms with Crippen LogP contribution in [-0.4, -0.2) is 28.2 Å². The van der Waals surface area contributed by atoms with Crippen LogP contribution in [0.4, 0.5) is 5.82 Å². The Bertz CT molecular complexity index is 589. The van der Waals surface area contributed by atoms with Crippen LogP contribution in [0.5, 0.6) is 0 Å². The number of aliphatic hydroxyl groups excluding tert-OH is 1. The highest BCUT2D eigenvalue weighted by atomic mass is 32.1. The van der Waals surface area contributed by atoms with E-state index in [0.29, 0.717) is 0 Å². The Labute approximate surface area is 110 Å². The molecule has 0 bridgehead atoms. The number of nitrogens with zero attached hydrogens (tertiary/aromatic N) is 2. The van der Waals surface area contributed by atoms with E-state index < -0.39 is 0 Å². The molecule has 0 aliphatic heterocycles. The van der Waals surface area contributed by atoms with Gasteiger partial charge in [0.25, 0.3) is 0 Å². The molecule has 0 atom stereocenters. The van der Waals surface area contributed by atoms with Crippen molar-refractivity contribution >= 4 is 27.4 Å². The van der Waals surface area contributed by atoms with Crippen LogP contribution in [0.3, 0.4) is 0 Å². The number of anilines is 1. The second-order valence-corrected chi connectivity index (χ2v) is 6.09. The van der Waals surface area contributed by atoms with Crippen LogP contribution in [0.1, 0.15) is 24.2 Å². The van der Waals surface area contributed by atoms with E-state index in [1.165, 1.54) is 5.56 Å². The summed E-state index contributed by atoms with van der Waals surface area (Å²) in [5, 5.41) is 16.0. The average molecular weight is 263 g/mol. The minimum Gasteiger partial charge on any atom is -0.396 e. The van der Waals surface area contributed by atoms with E-state index in [2.05, 4.69) is 27.6 Å². The molecule has 4 nitrogen and oxygen atoms in total. The maximum absolute atomic E-state index is 9.35. The third kappa shape index (κ3) is 1.97. The molecular formula is C13H17N3OS. The maximum Gasteiger partial charge on any atom is 0.138 e. The largest absolute Gasteiger partial charge is 0.396 e. The predicted molar refractivity (Wildman–Crippen MR) is 74.1 cm³/mol. The minimum atomic E-state index is 0.0924. The first kappa shape index (κ1) is 11.9. The summed E-state index contributed by atoms with van der Waals surface area (Å²) in [6.45, 7) is 5.06. The SMILES string of the molecule is Cc1nc(NCC2(CO)CC2)c2c(C)csc2n1. The summed E-state index contributed by atoms with van der Waals surface area (Å²) in [6, 6.07) is 0. The monoisotopic (exact) mass is 263 g/mol. The smallest absolute Gasteiger partial charge is 0.138 e. The number of aliphatic hydroxyl groups is 1. The van der Waals surface area contributed by atoms with E-state index >= 15 is 0 Å². The van der Waals surface area contributed by atoms with Crippen molar-refractivity contribution in [3.63, 3.8) is 0 Å². The summed E-state index contributed by atoms with van der Waals surface area (Å²) in [6.07, 6.45) is 2.21. The van der Waals surface area contributed by atoms with Gasteiger partial charge in [-0.1, -0.05) is 0 Å². The topological polar surface area (TPSA) is 58.0 Å². The molecule has 3 rings (SSSR count). The molecule has 0 unspecified atom stereocenters. The number of hydrogen-bond donors (Lipinski definition) is 2. The zero-order chi connectivity index (χ0) is 12.8. The third-order valence-corrected chi connectivity index (χ3v) is 4.64. The number of thiophene rings is 1. The number of fused-ring (bicyclic) bond motifs is 1. The van der Waals surface area contributed by atoms with Crippen LogP contribution in [-0.2, 0) is 0 Å². The highest BCUT2D eigenvalue weighted by Gasteiger charge is 2.41. The van der Waals surface area contributed by atoms with Crippen LogP contribution in [0.25, 0.3) is 10.2 Å². The molecule has 2 N–H and O–H groups in total. The fourth-order valence-corrected chi connectivity index (χ4v) is 3.12. The van der Waals surface area contributed by atoms with Gasteiger partial charge >= 0.3 is 0 Å². The Morgan fingerprint density at radius 3 is 2.83 bits per heavy atom. The number of rotatable bonds is 4. The van der Waals surface area contributed by atoms with Crippen LogP contribution in [0, 0.1) is 19.3 Å². The van der Waals surface area contributed by atoms with E-state index in [1.54, 1.807) is 11.3 Å². The maximum atomic E-state index is 9.35. The van der Waals surface area contributed by atoms with Gasteiger partial charge in [0, 0.05) is 12.0 Å². The Balaban J connectivity index is 1.92. The Hall–Kier alpha value is -1.20. The molecular weight excluding hydrogens is 246 g/mol. The van der Waals surface area contributed by atoms with Gasteiger partial charge < -0.3 is 10.4 Å². The van der Waals surface area contributed by atoms with E-state index in [0.717, 1.165) is 41.2 Å². The summed E-state index contributed by atoms with van der Waals surface area (Å²) in [7, 11) is 0. The highest BCUT2D eigenvalue weighted by molar-refractivity contribution is 7.17. The standard InChI is InChI=1S/C13H17N3OS/c1-8-5-18-12-10(8)11(15-9(2)16-12)14-6-13(7-17)3-4-13/h5,17H,3-4,6-7H2,1-2H3,(H,14,15,16). The van der Waals surface area contributed by atoms with Gasteiger partial charge in [-0.3, -0.25) is 0 Å². The normalized spacial score (nSPS) is 17.1. The molecule has 1 saturated carbocycles. The van der Waals surface area contributed by atoms with Crippen LogP contribution >= 0.6 is 11.3 Å². The average Bonchev–Trinajstić information content (AvgIpc) is 3.05. The Morgan fingerprint density at radius 1 is 1.39 bits per heavy atom. The third-order valence-electron chi connectivity index (χ3n) is 3.65. The van der Waals surface area contributed by atoms with E-state index in [4.69, 9.17) is 0 Å². The summed E-state index contributed by atoms with van der Waals surface area (Å²) < 4.78 is 0. The highest BCUT2D eigenvalue weighted by Crippen LogP contribution is 2.45. The van der Waals surface area contributed by atoms with Gasteiger partial charge in [0.15, 0.2) is 0 Å². The lowest BCUT2D eigenvalue weighted by molar-refractivity contribution is 0.219. The second kappa shape index (κ2) is 4.17. The molecule has 1 aliphatic rings. The molecule has 0 aromatic carbocycles. The minimum absolute atomic E-state index is 0.0924. The molecule has 0 spiro atoms. The van der Waals surface area contributed by atoms with Crippen molar-refractivity contribution < 1.29 is 5.11 Å². The van der Waals surface area contributed by atoms with Gasteiger partial charge in [0.2, 0.25) is 0 Å². The zero-order valence-corrected chi connectivity index (χ0v) is 11.5. The molecule has 2 aromatic rings. The first-order valence-corrected chi connectivity index (χ1v) is 7.09. The van der Waals surface area contributed by atoms with Crippen molar-refractivity contribution in [1.29, 1.82) is 0 Å². The number of nitrogens with one attached hydrogen (secondary N) is 1. The van der Waals surface area contributed by atoms with Crippen molar-refractivity contribution in [3.8, 4) is 0 Å². The molecule has 0 amide bonds. The van der Waals surface area contributed by atoms with Crippen molar-refractivity contribution in [2.24, 2.45) is 5.41 Å². The van der Waals surface area contributed by atoms with Gasteiger partial charge in [-0.2, -0.15) is 0 Å². The second-order valence-electron chi connectivity index (χ2n) is 5.23. The van der Waals surface area contributed by atoms with Gasteiger partial charge in [-0.25, -0.2) is 9.97 Å². The first-order valence-electron chi connectivity index (χ1n) is 6.21. The fourth-order valence-electron chi connectivity index (χ4n) is 2.16. The number of aromatic nitrogens is 2. The zero-order valence-electron chi connectivity index (χ0n) is 10.7. The first-order chi connectivity index (χ1) is 8.63. The molecule has 96 valence electrons. The summed E-state index contributed by atoms with van der Waals surface area (Å²) >= 11 is 1.66. The van der Waals surface area contributed by atoms with Crippen molar-refractivity contribution in [3.05, 3.63) is 16.8 Å². The summed E-state index contributed by atoms with van der Waals surface area (Å²) in [5.41, 5.74) is 1.31. The fraction of sp³-hybridized carbons (Fsp3) is 0.538. The van der Waals surface area contributed by atoms with Crippen LogP contribution < -0.4 is 5.32 Å². The Morgan fingerprint density at radius 2 is 2.17 bits per heavy atom. The molecule has 1 fully saturated rings. The molecule has 0 radical (unpaired) electrons. The lowest BCUT2D eigenvalue weighted by Gasteiger charge is -2.14. The van der Waals surface area contributed by atoms with E-state index in [1.807, 2.05) is 6.92 Å². The van der Waals surface area contributed by atoms with Crippen LogP contribution in [0.15, 0.2) is 5.38 Å². The molecule has 0 saturated heterocycles. The molecule has 1 aliphatic carbocycles. The quantitative estimate of drug-likeness (QED) is 0.890. The van der Waals surface area contributed by atoms with Crippen molar-refractivity contribution in [2.45, 2.75) is 26.7 Å². The van der Waals surface area contributed by atoms with Crippen LogP contribution in [0.2, 0.25) is 0 Å². The van der Waals surface area contributed by atoms with Crippen molar-refractivity contribution in [1.82, 2.24) is 9.97 Å². The van der Waals surface area contributed by atoms with Gasteiger partial charge in [0.05, 0.1) is 12.0 Å². The molecule has 2 heterocycles. The summed E-state index contributed by atoms with van der Waals surface area (Å²) in [5.74, 6) is 1.71. The van der Waals surface area contributed by atoms with Gasteiger partial charge in [-0.15, -0.1) is 11.3 Å². The van der Waals surface area contributed by atoms with E-state index in [9.17, 15) is 5.11 Å². The van der Waals surface area contributed by atoms with Crippen molar-refractivity contribution in [2.75, 3.05) is 18.5 Å². The number of aryl methyl sites for hydroxylation is 2. The van der Waals surface area contributed by atoms with E-state index in [-0.39, 0.29) is 12.0 Å². The lowest BCUT2D eigenvalue weighted by atomic mass is 10.1. The summed E-state index contributed by atoms with van der Waals surface area (Å²) in [4.78, 5) is 10.00. The predicted octanol–water partition coefficient (Wildman–Crippen LogP) is 2.49. The molecule has 18 heavy (non-hydrogen) atoms. The Kier molecular flexibility index (Phi) is 2.75. The van der Waals surface area contributed by atoms with Gasteiger partial charge in [0.1, 0.15) is 16.5 Å². The van der Waals surface area contributed by atoms with Gasteiger partial charge in [-0.05, 0) is 37.6 Å².